The maximum absolute atomic E-state index is 13.1. The maximum atomic E-state index is 13.1. The van der Waals surface area contributed by atoms with E-state index in [0.717, 1.165) is 5.56 Å². The van der Waals surface area contributed by atoms with Gasteiger partial charge in [-0.2, -0.15) is 4.98 Å². The summed E-state index contributed by atoms with van der Waals surface area (Å²) in [6.45, 7) is 8.43. The van der Waals surface area contributed by atoms with Gasteiger partial charge in [0.15, 0.2) is 5.82 Å². The fourth-order valence-corrected chi connectivity index (χ4v) is 1.66. The molecule has 0 saturated heterocycles. The molecule has 0 fully saturated rings. The molecule has 0 aromatic carbocycles. The Morgan fingerprint density at radius 3 is 2.70 bits per heavy atom. The monoisotopic (exact) mass is 278 g/mol. The first-order chi connectivity index (χ1) is 9.36. The topological polar surface area (TPSA) is 63.8 Å². The average molecular weight is 278 g/mol. The molecule has 0 amide bonds. The van der Waals surface area contributed by atoms with Crippen molar-refractivity contribution in [2.24, 2.45) is 0 Å². The molecule has 1 N–H and O–H groups in total. The second-order valence-electron chi connectivity index (χ2n) is 5.80. The first-order valence-corrected chi connectivity index (χ1v) is 6.53. The third-order valence-corrected chi connectivity index (χ3v) is 2.90. The van der Waals surface area contributed by atoms with Crippen LogP contribution >= 0.6 is 0 Å². The number of pyridine rings is 1. The number of nitrogens with zero attached hydrogens (tertiary/aromatic N) is 3. The van der Waals surface area contributed by atoms with Gasteiger partial charge in [0.1, 0.15) is 5.82 Å². The Labute approximate surface area is 117 Å². The van der Waals surface area contributed by atoms with Crippen LogP contribution in [0.5, 0.6) is 0 Å². The van der Waals surface area contributed by atoms with Gasteiger partial charge in [0, 0.05) is 17.7 Å². The van der Waals surface area contributed by atoms with E-state index in [1.807, 2.05) is 27.7 Å². The van der Waals surface area contributed by atoms with E-state index >= 15 is 0 Å². The smallest absolute Gasteiger partial charge is 0.232 e. The van der Waals surface area contributed by atoms with Crippen LogP contribution in [0.3, 0.4) is 0 Å². The van der Waals surface area contributed by atoms with Crippen LogP contribution in [0.15, 0.2) is 23.0 Å². The average Bonchev–Trinajstić information content (AvgIpc) is 2.84. The standard InChI is InChI=1S/C14H19FN4O/c1-9(10-5-11(15)7-16-6-10)17-8-12-18-13(20-19-12)14(2,3)4/h5-7,9,17H,8H2,1-4H3. The van der Waals surface area contributed by atoms with Gasteiger partial charge in [0.05, 0.1) is 12.7 Å². The Bertz CT molecular complexity index is 577. The summed E-state index contributed by atoms with van der Waals surface area (Å²) in [6, 6.07) is 1.41. The Balaban J connectivity index is 1.97. The van der Waals surface area contributed by atoms with Crippen molar-refractivity contribution in [1.82, 2.24) is 20.4 Å². The Hall–Kier alpha value is -1.82. The molecule has 0 saturated carbocycles. The lowest BCUT2D eigenvalue weighted by atomic mass is 9.97. The summed E-state index contributed by atoms with van der Waals surface area (Å²) in [6.07, 6.45) is 2.82. The van der Waals surface area contributed by atoms with Crippen molar-refractivity contribution in [3.05, 3.63) is 41.6 Å². The van der Waals surface area contributed by atoms with E-state index in [9.17, 15) is 4.39 Å². The molecule has 2 aromatic rings. The van der Waals surface area contributed by atoms with Gasteiger partial charge in [-0.25, -0.2) is 4.39 Å². The van der Waals surface area contributed by atoms with Gasteiger partial charge < -0.3 is 9.84 Å². The van der Waals surface area contributed by atoms with Crippen LogP contribution < -0.4 is 5.32 Å². The molecule has 5 nitrogen and oxygen atoms in total. The minimum absolute atomic E-state index is 0.0465. The molecule has 6 heteroatoms. The molecule has 0 aliphatic rings. The lowest BCUT2D eigenvalue weighted by Crippen LogP contribution is -2.19. The molecular weight excluding hydrogens is 259 g/mol. The van der Waals surface area contributed by atoms with Gasteiger partial charge in [-0.3, -0.25) is 4.98 Å². The van der Waals surface area contributed by atoms with Crippen LogP contribution in [0.25, 0.3) is 0 Å². The van der Waals surface area contributed by atoms with Crippen LogP contribution in [0.1, 0.15) is 51.0 Å². The fourth-order valence-electron chi connectivity index (χ4n) is 1.66. The molecule has 2 rings (SSSR count). The summed E-state index contributed by atoms with van der Waals surface area (Å²) in [4.78, 5) is 8.17. The molecule has 1 unspecified atom stereocenters. The number of hydrogen-bond acceptors (Lipinski definition) is 5. The SMILES string of the molecule is CC(NCc1noc(C(C)(C)C)n1)c1cncc(F)c1. The highest BCUT2D eigenvalue weighted by molar-refractivity contribution is 5.14. The third kappa shape index (κ3) is 3.60. The third-order valence-electron chi connectivity index (χ3n) is 2.90. The van der Waals surface area contributed by atoms with Gasteiger partial charge in [0.2, 0.25) is 5.89 Å². The highest BCUT2D eigenvalue weighted by atomic mass is 19.1. The predicted octanol–water partition coefficient (Wildman–Crippen LogP) is 2.75. The molecule has 1 atom stereocenters. The van der Waals surface area contributed by atoms with Gasteiger partial charge in [0.25, 0.3) is 0 Å². The Morgan fingerprint density at radius 2 is 2.10 bits per heavy atom. The van der Waals surface area contributed by atoms with E-state index < -0.39 is 0 Å². The van der Waals surface area contributed by atoms with Gasteiger partial charge in [-0.1, -0.05) is 25.9 Å². The van der Waals surface area contributed by atoms with E-state index in [-0.39, 0.29) is 17.3 Å². The van der Waals surface area contributed by atoms with E-state index in [1.165, 1.54) is 12.3 Å². The number of halogens is 1. The number of aromatic nitrogens is 3. The van der Waals surface area contributed by atoms with E-state index in [4.69, 9.17) is 4.52 Å². The minimum Gasteiger partial charge on any atom is -0.339 e. The first kappa shape index (κ1) is 14.6. The van der Waals surface area contributed by atoms with Crippen LogP contribution in [0.4, 0.5) is 4.39 Å². The zero-order valence-corrected chi connectivity index (χ0v) is 12.1. The molecular formula is C14H19FN4O. The molecule has 2 heterocycles. The highest BCUT2D eigenvalue weighted by Gasteiger charge is 2.21. The molecule has 0 aliphatic carbocycles. The molecule has 20 heavy (non-hydrogen) atoms. The normalized spacial score (nSPS) is 13.4. The summed E-state index contributed by atoms with van der Waals surface area (Å²) in [7, 11) is 0. The van der Waals surface area contributed by atoms with Gasteiger partial charge >= 0.3 is 0 Å². The van der Waals surface area contributed by atoms with Crippen LogP contribution in [-0.4, -0.2) is 15.1 Å². The zero-order chi connectivity index (χ0) is 14.8. The van der Waals surface area contributed by atoms with E-state index in [0.29, 0.717) is 18.3 Å². The number of rotatable bonds is 4. The van der Waals surface area contributed by atoms with Crippen molar-refractivity contribution in [3.8, 4) is 0 Å². The second-order valence-corrected chi connectivity index (χ2v) is 5.80. The van der Waals surface area contributed by atoms with E-state index in [2.05, 4.69) is 20.4 Å². The highest BCUT2D eigenvalue weighted by Crippen LogP contribution is 2.20. The number of hydrogen-bond donors (Lipinski definition) is 1. The van der Waals surface area contributed by atoms with Gasteiger partial charge in [-0.05, 0) is 18.6 Å². The summed E-state index contributed by atoms with van der Waals surface area (Å²) in [5, 5.41) is 7.14. The van der Waals surface area contributed by atoms with Crippen molar-refractivity contribution in [2.75, 3.05) is 0 Å². The zero-order valence-electron chi connectivity index (χ0n) is 12.1. The Kier molecular flexibility index (Phi) is 4.13. The van der Waals surface area contributed by atoms with Crippen molar-refractivity contribution >= 4 is 0 Å². The minimum atomic E-state index is -0.342. The molecule has 2 aromatic heterocycles. The van der Waals surface area contributed by atoms with Crippen molar-refractivity contribution in [1.29, 1.82) is 0 Å². The molecule has 0 radical (unpaired) electrons. The summed E-state index contributed by atoms with van der Waals surface area (Å²) >= 11 is 0. The van der Waals surface area contributed by atoms with E-state index in [1.54, 1.807) is 6.20 Å². The molecule has 0 bridgehead atoms. The fraction of sp³-hybridized carbons (Fsp3) is 0.500. The van der Waals surface area contributed by atoms with Crippen molar-refractivity contribution < 1.29 is 8.91 Å². The Morgan fingerprint density at radius 1 is 1.35 bits per heavy atom. The molecule has 108 valence electrons. The second kappa shape index (κ2) is 5.66. The summed E-state index contributed by atoms with van der Waals surface area (Å²) in [5.74, 6) is 0.853. The van der Waals surface area contributed by atoms with Crippen LogP contribution in [0.2, 0.25) is 0 Å². The van der Waals surface area contributed by atoms with Gasteiger partial charge in [-0.15, -0.1) is 0 Å². The van der Waals surface area contributed by atoms with Crippen molar-refractivity contribution in [2.45, 2.75) is 45.7 Å². The van der Waals surface area contributed by atoms with Crippen LogP contribution in [0, 0.1) is 5.82 Å². The summed E-state index contributed by atoms with van der Waals surface area (Å²) < 4.78 is 18.3. The van der Waals surface area contributed by atoms with Crippen LogP contribution in [-0.2, 0) is 12.0 Å². The number of nitrogens with one attached hydrogen (secondary N) is 1. The summed E-state index contributed by atoms with van der Waals surface area (Å²) in [5.41, 5.74) is 0.619. The molecule has 0 aliphatic heterocycles. The van der Waals surface area contributed by atoms with Crippen molar-refractivity contribution in [3.63, 3.8) is 0 Å². The lowest BCUT2D eigenvalue weighted by molar-refractivity contribution is 0.317. The molecule has 0 spiro atoms. The quantitative estimate of drug-likeness (QED) is 0.931. The lowest BCUT2D eigenvalue weighted by Gasteiger charge is -2.12. The first-order valence-electron chi connectivity index (χ1n) is 6.53. The largest absolute Gasteiger partial charge is 0.339 e. The maximum Gasteiger partial charge on any atom is 0.232 e. The predicted molar refractivity (Wildman–Crippen MR) is 72.4 cm³/mol.